The number of ether oxygens (including phenoxy) is 4. The lowest BCUT2D eigenvalue weighted by Crippen LogP contribution is -2.62. The molecule has 0 radical (unpaired) electrons. The van der Waals surface area contributed by atoms with E-state index in [0.29, 0.717) is 11.3 Å². The number of hydrogen-bond donors (Lipinski definition) is 9. The maximum Gasteiger partial charge on any atom is 0.326 e. The summed E-state index contributed by atoms with van der Waals surface area (Å²) in [6, 6.07) is 25.8. The van der Waals surface area contributed by atoms with Gasteiger partial charge in [0.2, 0.25) is 47.3 Å². The molecule has 8 amide bonds. The van der Waals surface area contributed by atoms with Gasteiger partial charge in [-0.05, 0) is 132 Å². The van der Waals surface area contributed by atoms with Crippen LogP contribution in [0.3, 0.4) is 0 Å². The monoisotopic (exact) mass is 1410 g/mol. The quantitative estimate of drug-likeness (QED) is 0.0167. The molecule has 0 saturated carbocycles. The lowest BCUT2D eigenvalue weighted by Gasteiger charge is -2.37. The average molecular weight is 1410 g/mol. The maximum absolute atomic E-state index is 14.7. The van der Waals surface area contributed by atoms with Crippen molar-refractivity contribution in [1.29, 1.82) is 0 Å². The Labute approximate surface area is 598 Å². The number of carboxylic acids is 1. The lowest BCUT2D eigenvalue weighted by atomic mass is 9.77. The first-order chi connectivity index (χ1) is 47.5. The van der Waals surface area contributed by atoms with E-state index in [9.17, 15) is 57.8 Å². The number of esters is 2. The van der Waals surface area contributed by atoms with Crippen LogP contribution in [0.5, 0.6) is 0 Å². The number of carbonyl (C=O) groups is 11. The van der Waals surface area contributed by atoms with Crippen molar-refractivity contribution in [2.24, 2.45) is 5.92 Å². The minimum absolute atomic E-state index is 0.152. The van der Waals surface area contributed by atoms with Gasteiger partial charge in [0.05, 0.1) is 42.4 Å². The van der Waals surface area contributed by atoms with Crippen LogP contribution in [0.25, 0.3) is 0 Å². The highest BCUT2D eigenvalue weighted by Crippen LogP contribution is 2.41. The third kappa shape index (κ3) is 26.3. The Balaban J connectivity index is 1.40. The fourth-order valence-electron chi connectivity index (χ4n) is 11.1. The Hall–Kier alpha value is -9.82. The molecule has 0 aliphatic carbocycles. The van der Waals surface area contributed by atoms with E-state index in [1.54, 1.807) is 140 Å². The van der Waals surface area contributed by atoms with Gasteiger partial charge in [-0.25, -0.2) is 9.78 Å². The molecule has 1 aromatic heterocycles. The first kappa shape index (κ1) is 82.8. The van der Waals surface area contributed by atoms with Crippen LogP contribution in [0, 0.1) is 5.92 Å². The molecule has 0 aliphatic rings. The second-order valence-corrected chi connectivity index (χ2v) is 29.5. The van der Waals surface area contributed by atoms with Crippen molar-refractivity contribution in [2.45, 2.75) is 232 Å². The van der Waals surface area contributed by atoms with Crippen molar-refractivity contribution in [3.8, 4) is 0 Å². The smallest absolute Gasteiger partial charge is 0.326 e. The highest BCUT2D eigenvalue weighted by Gasteiger charge is 2.41. The first-order valence-corrected chi connectivity index (χ1v) is 34.2. The molecule has 9 atom stereocenters. The maximum atomic E-state index is 14.7. The standard InChI is InChI=1S/C76H104N10O16/c1-46(2)62(69(95)82-56(40-50-30-22-18-23-31-50)67(93)85-63(48(4)100-73(9,10)11)70(96)80-55(71(97)98)38-39-60(88)101-74(12,13)14)84-64(90)47(3)78-65(91)58(42-61(89)102-75(15,16)17)81-68(94)59(44-99-72(6,7)8)83-66(92)57(79-49(5)87)41-54-43-86(45-77-54)76(51-32-24-19-25-33-51,52-34-26-20-27-35-52)53-36-28-21-29-37-53/h18-37,43,45-48,55-59,62-63H,38-42,44H2,1-17H3,(H,78,91)(H,79,87)(H,80,96)(H,81,94)(H,82,95)(H,83,92)(H,84,90)(H,85,93)(H,97,98)/t47-,48+,55-,56-,57-,58-,59-,62-,63-/m0/s1. The molecular weight excluding hydrogens is 1310 g/mol. The number of hydrogen-bond acceptors (Lipinski definition) is 16. The van der Waals surface area contributed by atoms with Crippen LogP contribution in [0.2, 0.25) is 0 Å². The Morgan fingerprint density at radius 3 is 1.37 bits per heavy atom. The molecule has 0 fully saturated rings. The van der Waals surface area contributed by atoms with Gasteiger partial charge in [0.25, 0.3) is 0 Å². The van der Waals surface area contributed by atoms with Gasteiger partial charge in [0.15, 0.2) is 0 Å². The highest BCUT2D eigenvalue weighted by atomic mass is 16.6. The molecule has 9 N–H and O–H groups in total. The lowest BCUT2D eigenvalue weighted by molar-refractivity contribution is -0.157. The zero-order valence-electron chi connectivity index (χ0n) is 61.7. The van der Waals surface area contributed by atoms with Crippen molar-refractivity contribution >= 4 is 65.2 Å². The summed E-state index contributed by atoms with van der Waals surface area (Å²) < 4.78 is 25.0. The van der Waals surface area contributed by atoms with Gasteiger partial charge < -0.3 is 71.2 Å². The molecule has 1 heterocycles. The van der Waals surface area contributed by atoms with E-state index in [-0.39, 0.29) is 25.7 Å². The minimum atomic E-state index is -1.78. The molecule has 5 rings (SSSR count). The average Bonchev–Trinajstić information content (AvgIpc) is 1.17. The van der Waals surface area contributed by atoms with Crippen molar-refractivity contribution < 1.29 is 76.8 Å². The minimum Gasteiger partial charge on any atom is -0.480 e. The van der Waals surface area contributed by atoms with Crippen LogP contribution < -0.4 is 42.5 Å². The van der Waals surface area contributed by atoms with E-state index in [2.05, 4.69) is 42.5 Å². The van der Waals surface area contributed by atoms with Crippen molar-refractivity contribution in [3.05, 3.63) is 162 Å². The molecule has 554 valence electrons. The summed E-state index contributed by atoms with van der Waals surface area (Å²) in [6.45, 7) is 26.8. The Kier molecular flexibility index (Phi) is 29.8. The van der Waals surface area contributed by atoms with Crippen LogP contribution in [0.4, 0.5) is 0 Å². The summed E-state index contributed by atoms with van der Waals surface area (Å²) in [5.74, 6) is -10.9. The number of aliphatic carboxylic acids is 1. The largest absolute Gasteiger partial charge is 0.480 e. The third-order valence-corrected chi connectivity index (χ3v) is 15.6. The Bertz CT molecular complexity index is 3560. The van der Waals surface area contributed by atoms with Crippen LogP contribution in [0.1, 0.15) is 165 Å². The van der Waals surface area contributed by atoms with Crippen LogP contribution in [-0.2, 0) is 90.1 Å². The predicted octanol–water partition coefficient (Wildman–Crippen LogP) is 6.04. The van der Waals surface area contributed by atoms with Crippen LogP contribution in [-0.4, -0.2) is 163 Å². The number of carbonyl (C=O) groups excluding carboxylic acids is 10. The molecule has 0 aliphatic heterocycles. The fourth-order valence-corrected chi connectivity index (χ4v) is 11.1. The van der Waals surface area contributed by atoms with Crippen LogP contribution >= 0.6 is 0 Å². The number of amides is 8. The molecule has 0 spiro atoms. The Morgan fingerprint density at radius 2 is 0.892 bits per heavy atom. The van der Waals surface area contributed by atoms with E-state index >= 15 is 0 Å². The molecule has 0 saturated heterocycles. The van der Waals surface area contributed by atoms with Crippen molar-refractivity contribution in [1.82, 2.24) is 52.1 Å². The molecule has 26 nitrogen and oxygen atoms in total. The number of aromatic nitrogens is 2. The van der Waals surface area contributed by atoms with Gasteiger partial charge >= 0.3 is 17.9 Å². The van der Waals surface area contributed by atoms with E-state index < -0.39 is 166 Å². The van der Waals surface area contributed by atoms with Gasteiger partial charge in [0, 0.05) is 32.4 Å². The predicted molar refractivity (Wildman–Crippen MR) is 381 cm³/mol. The summed E-state index contributed by atoms with van der Waals surface area (Å²) in [4.78, 5) is 158. The second-order valence-electron chi connectivity index (χ2n) is 29.5. The van der Waals surface area contributed by atoms with Gasteiger partial charge in [-0.2, -0.15) is 0 Å². The van der Waals surface area contributed by atoms with Gasteiger partial charge in [0.1, 0.15) is 65.1 Å². The molecule has 0 bridgehead atoms. The SMILES string of the molecule is CC(=O)N[C@@H](Cc1cn(C(c2ccccc2)(c2ccccc2)c2ccccc2)cn1)C(=O)N[C@@H](COC(C)(C)C)C(=O)N[C@@H](CC(=O)OC(C)(C)C)C(=O)N[C@@H](C)C(=O)N[C@H](C(=O)N[C@@H](Cc1ccccc1)C(=O)N[C@H](C(=O)N[C@@H](CCC(=O)OC(C)(C)C)C(=O)O)[C@@H](C)OC(C)(C)C)C(C)C. The number of imidazole rings is 1. The fraction of sp³-hybridized carbons (Fsp3) is 0.500. The molecule has 102 heavy (non-hydrogen) atoms. The van der Waals surface area contributed by atoms with Crippen molar-refractivity contribution in [2.75, 3.05) is 6.61 Å². The number of nitrogens with one attached hydrogen (secondary N) is 8. The van der Waals surface area contributed by atoms with Crippen molar-refractivity contribution in [3.63, 3.8) is 0 Å². The van der Waals surface area contributed by atoms with E-state index in [0.717, 1.165) is 16.7 Å². The molecule has 0 unspecified atom stereocenters. The van der Waals surface area contributed by atoms with Crippen LogP contribution in [0.15, 0.2) is 134 Å². The molecular formula is C76H104N10O16. The number of benzene rings is 4. The summed E-state index contributed by atoms with van der Waals surface area (Å²) in [5, 5.41) is 31.0. The molecule has 5 aromatic rings. The summed E-state index contributed by atoms with van der Waals surface area (Å²) >= 11 is 0. The highest BCUT2D eigenvalue weighted by molar-refractivity contribution is 5.99. The third-order valence-electron chi connectivity index (χ3n) is 15.6. The Morgan fingerprint density at radius 1 is 0.461 bits per heavy atom. The summed E-state index contributed by atoms with van der Waals surface area (Å²) in [7, 11) is 0. The number of nitrogens with zero attached hydrogens (tertiary/aromatic N) is 2. The van der Waals surface area contributed by atoms with Gasteiger partial charge in [-0.3, -0.25) is 47.9 Å². The summed E-state index contributed by atoms with van der Waals surface area (Å²) in [5.41, 5.74) is -0.989. The van der Waals surface area contributed by atoms with Gasteiger partial charge in [-0.15, -0.1) is 0 Å². The number of rotatable bonds is 34. The molecule has 26 heteroatoms. The number of carboxylic acid groups (broad SMARTS) is 1. The zero-order chi connectivity index (χ0) is 76.1. The van der Waals surface area contributed by atoms with E-state index in [4.69, 9.17) is 23.9 Å². The normalized spacial score (nSPS) is 14.6. The van der Waals surface area contributed by atoms with E-state index in [1.807, 2.05) is 95.6 Å². The van der Waals surface area contributed by atoms with E-state index in [1.165, 1.54) is 20.8 Å². The molecule has 4 aromatic carbocycles. The summed E-state index contributed by atoms with van der Waals surface area (Å²) in [6.07, 6.45) is 0.522. The first-order valence-electron chi connectivity index (χ1n) is 34.2. The van der Waals surface area contributed by atoms with Gasteiger partial charge in [-0.1, -0.05) is 135 Å². The second kappa shape index (κ2) is 36.7. The zero-order valence-corrected chi connectivity index (χ0v) is 61.7. The topological polar surface area (TPSA) is 359 Å².